The van der Waals surface area contributed by atoms with Gasteiger partial charge in [-0.25, -0.2) is 9.59 Å². The number of likely N-dealkylation sites (tertiary alicyclic amines) is 1. The van der Waals surface area contributed by atoms with Gasteiger partial charge in [0.25, 0.3) is 0 Å². The van der Waals surface area contributed by atoms with Gasteiger partial charge in [0.2, 0.25) is 0 Å². The first-order valence-corrected chi connectivity index (χ1v) is 7.65. The average Bonchev–Trinajstić information content (AvgIpc) is 3.03. The molecule has 0 bridgehead atoms. The van der Waals surface area contributed by atoms with Crippen LogP contribution in [-0.4, -0.2) is 56.1 Å². The summed E-state index contributed by atoms with van der Waals surface area (Å²) in [7, 11) is 1.31. The molecular formula is C16H20N2O5. The summed E-state index contributed by atoms with van der Waals surface area (Å²) in [6.45, 7) is 2.32. The van der Waals surface area contributed by atoms with Crippen molar-refractivity contribution in [3.05, 3.63) is 29.8 Å². The molecule has 0 saturated carbocycles. The van der Waals surface area contributed by atoms with E-state index >= 15 is 0 Å². The van der Waals surface area contributed by atoms with E-state index in [2.05, 4.69) is 5.32 Å². The van der Waals surface area contributed by atoms with Crippen molar-refractivity contribution < 1.29 is 23.8 Å². The van der Waals surface area contributed by atoms with Crippen molar-refractivity contribution in [3.8, 4) is 0 Å². The quantitative estimate of drug-likeness (QED) is 0.842. The maximum Gasteiger partial charge on any atom is 0.339 e. The van der Waals surface area contributed by atoms with Crippen LogP contribution in [0.25, 0.3) is 0 Å². The number of piperidine rings is 1. The Bertz CT molecular complexity index is 588. The molecule has 2 aliphatic heterocycles. The Balaban J connectivity index is 1.63. The Hall–Kier alpha value is -2.12. The highest BCUT2D eigenvalue weighted by atomic mass is 16.7. The largest absolute Gasteiger partial charge is 0.465 e. The molecule has 1 aromatic rings. The molecule has 0 unspecified atom stereocenters. The van der Waals surface area contributed by atoms with Crippen molar-refractivity contribution in [2.24, 2.45) is 0 Å². The van der Waals surface area contributed by atoms with Crippen molar-refractivity contribution in [2.75, 3.05) is 38.7 Å². The van der Waals surface area contributed by atoms with Gasteiger partial charge in [0.05, 0.1) is 31.6 Å². The Kier molecular flexibility index (Phi) is 4.49. The molecule has 7 nitrogen and oxygen atoms in total. The summed E-state index contributed by atoms with van der Waals surface area (Å²) >= 11 is 0. The second kappa shape index (κ2) is 6.55. The highest BCUT2D eigenvalue weighted by Gasteiger charge is 2.40. The second-order valence-electron chi connectivity index (χ2n) is 5.56. The fourth-order valence-electron chi connectivity index (χ4n) is 2.91. The highest BCUT2D eigenvalue weighted by molar-refractivity contribution is 6.00. The van der Waals surface area contributed by atoms with E-state index in [0.717, 1.165) is 0 Å². The first-order chi connectivity index (χ1) is 11.1. The number of nitrogens with zero attached hydrogens (tertiary/aromatic N) is 1. The molecule has 2 heterocycles. The topological polar surface area (TPSA) is 77.1 Å². The lowest BCUT2D eigenvalue weighted by molar-refractivity contribution is -0.181. The summed E-state index contributed by atoms with van der Waals surface area (Å²) in [5, 5.41) is 2.78. The van der Waals surface area contributed by atoms with Crippen molar-refractivity contribution in [2.45, 2.75) is 18.6 Å². The molecule has 2 amide bonds. The number of ether oxygens (including phenoxy) is 3. The average molecular weight is 320 g/mol. The fourth-order valence-corrected chi connectivity index (χ4v) is 2.91. The van der Waals surface area contributed by atoms with Crippen LogP contribution in [0.1, 0.15) is 23.2 Å². The number of hydrogen-bond donors (Lipinski definition) is 1. The lowest BCUT2D eigenvalue weighted by atomic mass is 10.0. The van der Waals surface area contributed by atoms with E-state index in [0.29, 0.717) is 50.4 Å². The number of carbonyl (C=O) groups is 2. The number of hydrogen-bond acceptors (Lipinski definition) is 5. The number of amides is 2. The van der Waals surface area contributed by atoms with Crippen molar-refractivity contribution in [3.63, 3.8) is 0 Å². The lowest BCUT2D eigenvalue weighted by Gasteiger charge is -2.37. The van der Waals surface area contributed by atoms with Crippen LogP contribution in [0, 0.1) is 0 Å². The molecule has 7 heteroatoms. The maximum atomic E-state index is 12.4. The minimum absolute atomic E-state index is 0.241. The number of para-hydroxylation sites is 1. The van der Waals surface area contributed by atoms with Crippen LogP contribution in [0.5, 0.6) is 0 Å². The number of nitrogens with one attached hydrogen (secondary N) is 1. The van der Waals surface area contributed by atoms with Crippen LogP contribution in [-0.2, 0) is 14.2 Å². The molecular weight excluding hydrogens is 300 g/mol. The van der Waals surface area contributed by atoms with Gasteiger partial charge in [-0.05, 0) is 12.1 Å². The fraction of sp³-hybridized carbons (Fsp3) is 0.500. The summed E-state index contributed by atoms with van der Waals surface area (Å²) in [6, 6.07) is 6.54. The van der Waals surface area contributed by atoms with Gasteiger partial charge in [-0.15, -0.1) is 0 Å². The monoisotopic (exact) mass is 320 g/mol. The molecule has 1 aromatic carbocycles. The summed E-state index contributed by atoms with van der Waals surface area (Å²) in [6.07, 6.45) is 1.30. The second-order valence-corrected chi connectivity index (χ2v) is 5.56. The molecule has 2 fully saturated rings. The minimum atomic E-state index is -0.513. The SMILES string of the molecule is COC(=O)c1ccccc1NC(=O)N1CCC2(CC1)OCCO2. The number of methoxy groups -OCH3 is 1. The zero-order valence-corrected chi connectivity index (χ0v) is 13.0. The van der Waals surface area contributed by atoms with Crippen LogP contribution < -0.4 is 5.32 Å². The minimum Gasteiger partial charge on any atom is -0.465 e. The molecule has 23 heavy (non-hydrogen) atoms. The highest BCUT2D eigenvalue weighted by Crippen LogP contribution is 2.31. The van der Waals surface area contributed by atoms with Gasteiger partial charge in [-0.1, -0.05) is 12.1 Å². The number of esters is 1. The smallest absolute Gasteiger partial charge is 0.339 e. The van der Waals surface area contributed by atoms with E-state index < -0.39 is 11.8 Å². The van der Waals surface area contributed by atoms with Gasteiger partial charge in [-0.2, -0.15) is 0 Å². The van der Waals surface area contributed by atoms with Crippen LogP contribution in [0.2, 0.25) is 0 Å². The number of rotatable bonds is 2. The van der Waals surface area contributed by atoms with Crippen LogP contribution in [0.3, 0.4) is 0 Å². The summed E-state index contributed by atoms with van der Waals surface area (Å²) in [5.41, 5.74) is 0.775. The summed E-state index contributed by atoms with van der Waals surface area (Å²) in [5.74, 6) is -0.994. The first kappa shape index (κ1) is 15.8. The lowest BCUT2D eigenvalue weighted by Crippen LogP contribution is -2.48. The van der Waals surface area contributed by atoms with Gasteiger partial charge in [-0.3, -0.25) is 0 Å². The van der Waals surface area contributed by atoms with Gasteiger partial charge in [0.1, 0.15) is 0 Å². The summed E-state index contributed by atoms with van der Waals surface area (Å²) < 4.78 is 16.0. The maximum absolute atomic E-state index is 12.4. The molecule has 1 spiro atoms. The van der Waals surface area contributed by atoms with E-state index in [9.17, 15) is 9.59 Å². The van der Waals surface area contributed by atoms with Gasteiger partial charge in [0, 0.05) is 25.9 Å². The number of benzene rings is 1. The Labute approximate surface area is 134 Å². The first-order valence-electron chi connectivity index (χ1n) is 7.65. The Morgan fingerprint density at radius 1 is 1.17 bits per heavy atom. The summed E-state index contributed by atoms with van der Waals surface area (Å²) in [4.78, 5) is 25.9. The van der Waals surface area contributed by atoms with E-state index in [-0.39, 0.29) is 6.03 Å². The van der Waals surface area contributed by atoms with E-state index in [1.54, 1.807) is 29.2 Å². The molecule has 3 rings (SSSR count). The van der Waals surface area contributed by atoms with E-state index in [4.69, 9.17) is 14.2 Å². The van der Waals surface area contributed by atoms with Crippen molar-refractivity contribution >= 4 is 17.7 Å². The van der Waals surface area contributed by atoms with Crippen LogP contribution >= 0.6 is 0 Å². The molecule has 0 aromatic heterocycles. The molecule has 2 aliphatic rings. The third-order valence-corrected chi connectivity index (χ3v) is 4.20. The predicted octanol–water partition coefficient (Wildman–Crippen LogP) is 1.84. The van der Waals surface area contributed by atoms with Crippen molar-refractivity contribution in [1.29, 1.82) is 0 Å². The van der Waals surface area contributed by atoms with Crippen LogP contribution in [0.15, 0.2) is 24.3 Å². The number of carbonyl (C=O) groups excluding carboxylic acids is 2. The van der Waals surface area contributed by atoms with E-state index in [1.807, 2.05) is 0 Å². The third kappa shape index (κ3) is 3.30. The Morgan fingerprint density at radius 2 is 1.83 bits per heavy atom. The predicted molar refractivity (Wildman–Crippen MR) is 82.2 cm³/mol. The van der Waals surface area contributed by atoms with Gasteiger partial charge < -0.3 is 24.4 Å². The zero-order valence-electron chi connectivity index (χ0n) is 13.0. The number of anilines is 1. The van der Waals surface area contributed by atoms with Gasteiger partial charge >= 0.3 is 12.0 Å². The standard InChI is InChI=1S/C16H20N2O5/c1-21-14(19)12-4-2-3-5-13(12)17-15(20)18-8-6-16(7-9-18)22-10-11-23-16/h2-5H,6-11H2,1H3,(H,17,20). The van der Waals surface area contributed by atoms with Crippen molar-refractivity contribution in [1.82, 2.24) is 4.90 Å². The molecule has 0 aliphatic carbocycles. The molecule has 124 valence electrons. The molecule has 0 atom stereocenters. The molecule has 0 radical (unpaired) electrons. The van der Waals surface area contributed by atoms with Gasteiger partial charge in [0.15, 0.2) is 5.79 Å². The molecule has 2 saturated heterocycles. The Morgan fingerprint density at radius 3 is 2.48 bits per heavy atom. The normalized spacial score (nSPS) is 19.6. The van der Waals surface area contributed by atoms with E-state index in [1.165, 1.54) is 7.11 Å². The third-order valence-electron chi connectivity index (χ3n) is 4.20. The molecule has 1 N–H and O–H groups in total. The van der Waals surface area contributed by atoms with Crippen LogP contribution in [0.4, 0.5) is 10.5 Å². The number of urea groups is 1. The zero-order chi connectivity index (χ0) is 16.3.